The second-order valence-electron chi connectivity index (χ2n) is 3.96. The Morgan fingerprint density at radius 2 is 1.88 bits per heavy atom. The second kappa shape index (κ2) is 3.61. The molecule has 0 aliphatic carbocycles. The van der Waals surface area contributed by atoms with E-state index in [9.17, 15) is 18.0 Å². The molecule has 0 spiro atoms. The van der Waals surface area contributed by atoms with Gasteiger partial charge in [-0.05, 0) is 25.0 Å². The quantitative estimate of drug-likeness (QED) is 0.760. The Morgan fingerprint density at radius 1 is 1.24 bits per heavy atom. The number of halogens is 3. The molecule has 1 aromatic carbocycles. The summed E-state index contributed by atoms with van der Waals surface area (Å²) < 4.78 is 38.1. The number of carbonyl (C=O) groups excluding carboxylic acids is 1. The number of aryl methyl sites for hydroxylation is 2. The number of nitrogens with one attached hydrogen (secondary N) is 1. The van der Waals surface area contributed by atoms with Gasteiger partial charge in [-0.2, -0.15) is 13.2 Å². The molecule has 0 radical (unpaired) electrons. The first kappa shape index (κ1) is 11.7. The van der Waals surface area contributed by atoms with Crippen LogP contribution < -0.4 is 0 Å². The Morgan fingerprint density at radius 3 is 2.41 bits per heavy atom. The highest BCUT2D eigenvalue weighted by molar-refractivity contribution is 6.00. The van der Waals surface area contributed by atoms with Gasteiger partial charge >= 0.3 is 6.18 Å². The third-order valence-corrected chi connectivity index (χ3v) is 2.95. The highest BCUT2D eigenvalue weighted by atomic mass is 19.4. The predicted octanol–water partition coefficient (Wildman–Crippen LogP) is 3.62. The molecule has 0 saturated heterocycles. The van der Waals surface area contributed by atoms with E-state index in [-0.39, 0.29) is 11.8 Å². The molecule has 0 fully saturated rings. The second-order valence-corrected chi connectivity index (χ2v) is 3.96. The molecule has 0 unspecified atom stereocenters. The van der Waals surface area contributed by atoms with Crippen LogP contribution in [-0.4, -0.2) is 11.3 Å². The minimum Gasteiger partial charge on any atom is -0.350 e. The van der Waals surface area contributed by atoms with Gasteiger partial charge in [0.2, 0.25) is 0 Å². The van der Waals surface area contributed by atoms with Crippen molar-refractivity contribution in [3.8, 4) is 0 Å². The summed E-state index contributed by atoms with van der Waals surface area (Å²) in [7, 11) is 0. The molecule has 17 heavy (non-hydrogen) atoms. The fourth-order valence-corrected chi connectivity index (χ4v) is 1.87. The average molecular weight is 241 g/mol. The van der Waals surface area contributed by atoms with Gasteiger partial charge in [0.25, 0.3) is 0 Å². The van der Waals surface area contributed by atoms with Crippen molar-refractivity contribution in [3.05, 3.63) is 34.5 Å². The van der Waals surface area contributed by atoms with Crippen LogP contribution in [0.3, 0.4) is 0 Å². The van der Waals surface area contributed by atoms with Crippen molar-refractivity contribution in [3.63, 3.8) is 0 Å². The molecule has 0 bridgehead atoms. The summed E-state index contributed by atoms with van der Waals surface area (Å²) in [6.45, 7) is 3.53. The maximum Gasteiger partial charge on any atom is 0.431 e. The van der Waals surface area contributed by atoms with Crippen molar-refractivity contribution in [1.29, 1.82) is 0 Å². The third kappa shape index (κ3) is 1.71. The molecule has 1 heterocycles. The van der Waals surface area contributed by atoms with Gasteiger partial charge in [0.05, 0.1) is 5.56 Å². The van der Waals surface area contributed by atoms with E-state index in [2.05, 4.69) is 4.98 Å². The zero-order valence-corrected chi connectivity index (χ0v) is 9.27. The molecule has 0 atom stereocenters. The molecule has 1 aromatic heterocycles. The summed E-state index contributed by atoms with van der Waals surface area (Å²) in [5.41, 5.74) is 0.678. The first-order chi connectivity index (χ1) is 7.86. The van der Waals surface area contributed by atoms with Gasteiger partial charge in [-0.15, -0.1) is 0 Å². The van der Waals surface area contributed by atoms with Crippen molar-refractivity contribution in [2.75, 3.05) is 0 Å². The summed E-state index contributed by atoms with van der Waals surface area (Å²) >= 11 is 0. The van der Waals surface area contributed by atoms with E-state index < -0.39 is 11.9 Å². The van der Waals surface area contributed by atoms with Crippen LogP contribution in [0.25, 0.3) is 10.9 Å². The van der Waals surface area contributed by atoms with E-state index in [1.165, 1.54) is 6.07 Å². The summed E-state index contributed by atoms with van der Waals surface area (Å²) in [5.74, 6) is 0. The van der Waals surface area contributed by atoms with Crippen LogP contribution in [0.2, 0.25) is 0 Å². The molecule has 0 amide bonds. The van der Waals surface area contributed by atoms with E-state index in [4.69, 9.17) is 0 Å². The topological polar surface area (TPSA) is 32.9 Å². The standard InChI is InChI=1S/C12H10F3NO/c1-6-3-4-8-9(5-17)11(12(13,14)15)16-10(8)7(6)2/h3-5,16H,1-2H3. The highest BCUT2D eigenvalue weighted by Gasteiger charge is 2.36. The normalized spacial score (nSPS) is 12.1. The lowest BCUT2D eigenvalue weighted by atomic mass is 10.0. The number of rotatable bonds is 1. The largest absolute Gasteiger partial charge is 0.431 e. The number of H-pyrrole nitrogens is 1. The Labute approximate surface area is 95.4 Å². The van der Waals surface area contributed by atoms with E-state index in [0.717, 1.165) is 11.1 Å². The average Bonchev–Trinajstić information content (AvgIpc) is 2.62. The minimum absolute atomic E-state index is 0.246. The zero-order valence-electron chi connectivity index (χ0n) is 9.27. The number of alkyl halides is 3. The number of carbonyl (C=O) groups is 1. The number of aldehydes is 1. The lowest BCUT2D eigenvalue weighted by Gasteiger charge is -2.03. The first-order valence-electron chi connectivity index (χ1n) is 5.00. The number of hydrogen-bond acceptors (Lipinski definition) is 1. The van der Waals surface area contributed by atoms with Crippen LogP contribution >= 0.6 is 0 Å². The fraction of sp³-hybridized carbons (Fsp3) is 0.250. The molecule has 5 heteroatoms. The van der Waals surface area contributed by atoms with E-state index in [0.29, 0.717) is 10.9 Å². The zero-order chi connectivity index (χ0) is 12.8. The monoisotopic (exact) mass is 241 g/mol. The number of aromatic amines is 1. The molecule has 0 saturated carbocycles. The van der Waals surface area contributed by atoms with Crippen molar-refractivity contribution >= 4 is 17.2 Å². The first-order valence-corrected chi connectivity index (χ1v) is 5.00. The predicted molar refractivity (Wildman–Crippen MR) is 58.2 cm³/mol. The highest BCUT2D eigenvalue weighted by Crippen LogP contribution is 2.35. The lowest BCUT2D eigenvalue weighted by Crippen LogP contribution is -2.08. The molecule has 2 nitrogen and oxygen atoms in total. The molecular weight excluding hydrogens is 231 g/mol. The summed E-state index contributed by atoms with van der Waals surface area (Å²) in [4.78, 5) is 13.1. The number of hydrogen-bond donors (Lipinski definition) is 1. The smallest absolute Gasteiger partial charge is 0.350 e. The van der Waals surface area contributed by atoms with Crippen LogP contribution in [0.5, 0.6) is 0 Å². The summed E-state index contributed by atoms with van der Waals surface area (Å²) in [6.07, 6.45) is -4.30. The Bertz CT molecular complexity index is 596. The van der Waals surface area contributed by atoms with Crippen molar-refractivity contribution in [2.24, 2.45) is 0 Å². The van der Waals surface area contributed by atoms with Crippen LogP contribution in [0.4, 0.5) is 13.2 Å². The maximum absolute atomic E-state index is 12.7. The van der Waals surface area contributed by atoms with E-state index in [1.807, 2.05) is 6.92 Å². The van der Waals surface area contributed by atoms with Gasteiger partial charge in [-0.1, -0.05) is 12.1 Å². The SMILES string of the molecule is Cc1ccc2c(C=O)c(C(F)(F)F)[nH]c2c1C. The number of aromatic nitrogens is 1. The minimum atomic E-state index is -4.55. The van der Waals surface area contributed by atoms with Crippen molar-refractivity contribution in [2.45, 2.75) is 20.0 Å². The molecular formula is C12H10F3NO. The number of fused-ring (bicyclic) bond motifs is 1. The van der Waals surface area contributed by atoms with Crippen molar-refractivity contribution in [1.82, 2.24) is 4.98 Å². The molecule has 1 N–H and O–H groups in total. The van der Waals surface area contributed by atoms with Gasteiger partial charge in [0, 0.05) is 10.9 Å². The summed E-state index contributed by atoms with van der Waals surface area (Å²) in [5, 5.41) is 0.315. The molecule has 2 rings (SSSR count). The third-order valence-electron chi connectivity index (χ3n) is 2.95. The van der Waals surface area contributed by atoms with Gasteiger partial charge in [0.15, 0.2) is 6.29 Å². The van der Waals surface area contributed by atoms with Gasteiger partial charge in [0.1, 0.15) is 5.69 Å². The molecule has 0 aliphatic rings. The fourth-order valence-electron chi connectivity index (χ4n) is 1.87. The van der Waals surface area contributed by atoms with Crippen LogP contribution in [0, 0.1) is 13.8 Å². The number of benzene rings is 1. The lowest BCUT2D eigenvalue weighted by molar-refractivity contribution is -0.140. The Kier molecular flexibility index (Phi) is 2.49. The van der Waals surface area contributed by atoms with Crippen LogP contribution in [0.15, 0.2) is 12.1 Å². The Balaban J connectivity index is 2.89. The molecule has 0 aliphatic heterocycles. The summed E-state index contributed by atoms with van der Waals surface area (Å²) in [6, 6.07) is 3.24. The van der Waals surface area contributed by atoms with E-state index in [1.54, 1.807) is 13.0 Å². The van der Waals surface area contributed by atoms with Gasteiger partial charge < -0.3 is 4.98 Å². The molecule has 90 valence electrons. The molecule has 2 aromatic rings. The van der Waals surface area contributed by atoms with Gasteiger partial charge in [-0.25, -0.2) is 0 Å². The van der Waals surface area contributed by atoms with Crippen LogP contribution in [0.1, 0.15) is 27.2 Å². The Hall–Kier alpha value is -1.78. The van der Waals surface area contributed by atoms with Crippen molar-refractivity contribution < 1.29 is 18.0 Å². The van der Waals surface area contributed by atoms with Gasteiger partial charge in [-0.3, -0.25) is 4.79 Å². The maximum atomic E-state index is 12.7. The van der Waals surface area contributed by atoms with E-state index >= 15 is 0 Å². The van der Waals surface area contributed by atoms with Crippen LogP contribution in [-0.2, 0) is 6.18 Å².